The van der Waals surface area contributed by atoms with Crippen LogP contribution in [0.5, 0.6) is 11.5 Å². The maximum atomic E-state index is 12.8. The van der Waals surface area contributed by atoms with Gasteiger partial charge in [-0.1, -0.05) is 29.3 Å². The Morgan fingerprint density at radius 2 is 1.74 bits per heavy atom. The highest BCUT2D eigenvalue weighted by molar-refractivity contribution is 6.42. The minimum atomic E-state index is -0.223. The number of ether oxygens (including phenoxy) is 2. The Morgan fingerprint density at radius 3 is 2.44 bits per heavy atom. The van der Waals surface area contributed by atoms with E-state index in [0.29, 0.717) is 28.0 Å². The Balaban J connectivity index is 1.96. The zero-order chi connectivity index (χ0) is 19.1. The lowest BCUT2D eigenvalue weighted by Crippen LogP contribution is -2.27. The fraction of sp³-hybridized carbons (Fsp3) is 0.286. The van der Waals surface area contributed by atoms with Crippen molar-refractivity contribution in [1.29, 1.82) is 0 Å². The molecule has 1 unspecified atom stereocenters. The molecule has 4 rings (SSSR count). The molecule has 1 heterocycles. The molecule has 2 aliphatic rings. The Morgan fingerprint density at radius 1 is 1.00 bits per heavy atom. The quantitative estimate of drug-likeness (QED) is 0.726. The van der Waals surface area contributed by atoms with Gasteiger partial charge in [-0.2, -0.15) is 0 Å². The third kappa shape index (κ3) is 3.07. The normalized spacial score (nSPS) is 18.5. The number of hydrogen-bond acceptors (Lipinski definition) is 4. The van der Waals surface area contributed by atoms with Gasteiger partial charge in [-0.15, -0.1) is 0 Å². The third-order valence-electron chi connectivity index (χ3n) is 5.17. The second kappa shape index (κ2) is 7.10. The first kappa shape index (κ1) is 18.2. The molecule has 0 fully saturated rings. The first-order valence-corrected chi connectivity index (χ1v) is 9.53. The van der Waals surface area contributed by atoms with Crippen molar-refractivity contribution in [3.8, 4) is 11.5 Å². The number of carbonyl (C=O) groups excluding carboxylic acids is 1. The second-order valence-electron chi connectivity index (χ2n) is 6.69. The molecule has 0 aromatic heterocycles. The van der Waals surface area contributed by atoms with Gasteiger partial charge in [0.2, 0.25) is 0 Å². The van der Waals surface area contributed by atoms with Gasteiger partial charge >= 0.3 is 0 Å². The predicted octanol–water partition coefficient (Wildman–Crippen LogP) is 5.58. The highest BCUT2D eigenvalue weighted by atomic mass is 35.5. The summed E-state index contributed by atoms with van der Waals surface area (Å²) in [6.45, 7) is 0. The van der Waals surface area contributed by atoms with Crippen LogP contribution >= 0.6 is 23.2 Å². The standard InChI is InChI=1S/C21H19Cl2NO3/c1-26-18-9-12-16(10-19(18)27-2)24-15-4-3-5-17(25)21(15)20(12)11-6-7-13(22)14(23)8-11/h6-10,20,24H,3-5H2,1-2H3. The van der Waals surface area contributed by atoms with Crippen molar-refractivity contribution in [3.05, 3.63) is 62.8 Å². The number of halogens is 2. The second-order valence-corrected chi connectivity index (χ2v) is 7.51. The van der Waals surface area contributed by atoms with E-state index in [2.05, 4.69) is 5.32 Å². The largest absolute Gasteiger partial charge is 0.493 e. The Bertz CT molecular complexity index is 968. The highest BCUT2D eigenvalue weighted by Crippen LogP contribution is 2.49. The maximum Gasteiger partial charge on any atom is 0.162 e. The van der Waals surface area contributed by atoms with Crippen molar-refractivity contribution < 1.29 is 14.3 Å². The molecule has 0 amide bonds. The van der Waals surface area contributed by atoms with Gasteiger partial charge in [0.05, 0.1) is 24.3 Å². The molecule has 4 nitrogen and oxygen atoms in total. The molecular weight excluding hydrogens is 385 g/mol. The Labute approximate surface area is 168 Å². The minimum absolute atomic E-state index is 0.167. The lowest BCUT2D eigenvalue weighted by molar-refractivity contribution is -0.116. The fourth-order valence-corrected chi connectivity index (χ4v) is 4.23. The Hall–Kier alpha value is -2.17. The summed E-state index contributed by atoms with van der Waals surface area (Å²) in [7, 11) is 3.21. The first-order chi connectivity index (χ1) is 13.0. The smallest absolute Gasteiger partial charge is 0.162 e. The number of Topliss-reactive ketones (excluding diaryl/α,β-unsaturated/α-hetero) is 1. The van der Waals surface area contributed by atoms with E-state index in [-0.39, 0.29) is 11.7 Å². The van der Waals surface area contributed by atoms with E-state index in [1.165, 1.54) is 0 Å². The summed E-state index contributed by atoms with van der Waals surface area (Å²) in [4.78, 5) is 12.8. The van der Waals surface area contributed by atoms with Crippen LogP contribution in [0.4, 0.5) is 5.69 Å². The number of benzene rings is 2. The average molecular weight is 404 g/mol. The average Bonchev–Trinajstić information content (AvgIpc) is 2.67. The molecule has 0 radical (unpaired) electrons. The van der Waals surface area contributed by atoms with Gasteiger partial charge in [-0.3, -0.25) is 4.79 Å². The zero-order valence-electron chi connectivity index (χ0n) is 15.1. The molecule has 1 N–H and O–H groups in total. The number of rotatable bonds is 3. The van der Waals surface area contributed by atoms with Crippen molar-refractivity contribution >= 4 is 34.7 Å². The van der Waals surface area contributed by atoms with E-state index >= 15 is 0 Å². The number of anilines is 1. The van der Waals surface area contributed by atoms with Crippen molar-refractivity contribution in [3.63, 3.8) is 0 Å². The number of fused-ring (bicyclic) bond motifs is 1. The number of carbonyl (C=O) groups is 1. The minimum Gasteiger partial charge on any atom is -0.493 e. The van der Waals surface area contributed by atoms with Gasteiger partial charge in [0.15, 0.2) is 17.3 Å². The maximum absolute atomic E-state index is 12.8. The van der Waals surface area contributed by atoms with Gasteiger partial charge in [0, 0.05) is 35.4 Å². The lowest BCUT2D eigenvalue weighted by atomic mass is 9.75. The van der Waals surface area contributed by atoms with Crippen LogP contribution in [0.25, 0.3) is 0 Å². The van der Waals surface area contributed by atoms with Crippen molar-refractivity contribution in [2.45, 2.75) is 25.2 Å². The molecule has 2 aromatic rings. The summed E-state index contributed by atoms with van der Waals surface area (Å²) < 4.78 is 10.9. The van der Waals surface area contributed by atoms with Gasteiger partial charge in [0.1, 0.15) is 0 Å². The zero-order valence-corrected chi connectivity index (χ0v) is 16.6. The van der Waals surface area contributed by atoms with Gasteiger partial charge in [-0.05, 0) is 42.2 Å². The summed E-state index contributed by atoms with van der Waals surface area (Å²) in [5.74, 6) is 1.21. The van der Waals surface area contributed by atoms with Crippen molar-refractivity contribution in [2.75, 3.05) is 19.5 Å². The number of methoxy groups -OCH3 is 2. The molecule has 0 saturated carbocycles. The first-order valence-electron chi connectivity index (χ1n) is 8.77. The molecule has 6 heteroatoms. The molecule has 0 spiro atoms. The number of allylic oxidation sites excluding steroid dienone is 2. The van der Waals surface area contributed by atoms with Crippen LogP contribution in [0, 0.1) is 0 Å². The van der Waals surface area contributed by atoms with E-state index in [9.17, 15) is 4.79 Å². The monoisotopic (exact) mass is 403 g/mol. The fourth-order valence-electron chi connectivity index (χ4n) is 3.93. The summed E-state index contributed by atoms with van der Waals surface area (Å²) in [5.41, 5.74) is 4.58. The van der Waals surface area contributed by atoms with Gasteiger partial charge in [-0.25, -0.2) is 0 Å². The molecule has 2 aromatic carbocycles. The number of nitrogens with one attached hydrogen (secondary N) is 1. The van der Waals surface area contributed by atoms with Crippen LogP contribution in [0.3, 0.4) is 0 Å². The molecular formula is C21H19Cl2NO3. The van der Waals surface area contributed by atoms with Crippen LogP contribution < -0.4 is 14.8 Å². The SMILES string of the molecule is COc1cc2c(cc1OC)C(c1ccc(Cl)c(Cl)c1)C1=C(CCCC1=O)N2. The van der Waals surface area contributed by atoms with Gasteiger partial charge in [0.25, 0.3) is 0 Å². The lowest BCUT2D eigenvalue weighted by Gasteiger charge is -2.34. The summed E-state index contributed by atoms with van der Waals surface area (Å²) in [6, 6.07) is 9.39. The summed E-state index contributed by atoms with van der Waals surface area (Å²) in [5, 5.41) is 4.41. The van der Waals surface area contributed by atoms with Crippen molar-refractivity contribution in [1.82, 2.24) is 0 Å². The molecule has 0 bridgehead atoms. The van der Waals surface area contributed by atoms with Crippen molar-refractivity contribution in [2.24, 2.45) is 0 Å². The van der Waals surface area contributed by atoms with E-state index < -0.39 is 0 Å². The Kier molecular flexibility index (Phi) is 4.79. The third-order valence-corrected chi connectivity index (χ3v) is 5.91. The van der Waals surface area contributed by atoms with Crippen LogP contribution in [0.2, 0.25) is 10.0 Å². The molecule has 27 heavy (non-hydrogen) atoms. The van der Waals surface area contributed by atoms with Crippen LogP contribution in [-0.2, 0) is 4.79 Å². The van der Waals surface area contributed by atoms with E-state index in [0.717, 1.165) is 40.9 Å². The molecule has 1 atom stereocenters. The molecule has 1 aliphatic heterocycles. The van der Waals surface area contributed by atoms with Crippen LogP contribution in [0.15, 0.2) is 41.6 Å². The molecule has 1 aliphatic carbocycles. The van der Waals surface area contributed by atoms with Crippen LogP contribution in [-0.4, -0.2) is 20.0 Å². The summed E-state index contributed by atoms with van der Waals surface area (Å²) in [6.07, 6.45) is 2.25. The topological polar surface area (TPSA) is 47.6 Å². The van der Waals surface area contributed by atoms with E-state index in [4.69, 9.17) is 32.7 Å². The number of hydrogen-bond donors (Lipinski definition) is 1. The van der Waals surface area contributed by atoms with Crippen LogP contribution in [0.1, 0.15) is 36.3 Å². The predicted molar refractivity (Wildman–Crippen MR) is 107 cm³/mol. The van der Waals surface area contributed by atoms with Gasteiger partial charge < -0.3 is 14.8 Å². The molecule has 140 valence electrons. The van der Waals surface area contributed by atoms with E-state index in [1.54, 1.807) is 20.3 Å². The van der Waals surface area contributed by atoms with E-state index in [1.807, 2.05) is 24.3 Å². The number of ketones is 1. The molecule has 0 saturated heterocycles. The highest BCUT2D eigenvalue weighted by Gasteiger charge is 2.36. The summed E-state index contributed by atoms with van der Waals surface area (Å²) >= 11 is 12.4.